The number of carbonyl (C=O) groups excluding carboxylic acids is 2. The van der Waals surface area contributed by atoms with E-state index >= 15 is 0 Å². The van der Waals surface area contributed by atoms with E-state index in [1.54, 1.807) is 0 Å². The summed E-state index contributed by atoms with van der Waals surface area (Å²) in [5, 5.41) is 23.3. The molecule has 1 fully saturated rings. The average molecular weight is 438 g/mol. The molecule has 1 saturated carbocycles. The predicted octanol–water partition coefficient (Wildman–Crippen LogP) is 2.26. The number of aliphatic hydroxyl groups is 1. The van der Waals surface area contributed by atoms with Gasteiger partial charge in [0.1, 0.15) is 12.6 Å². The summed E-state index contributed by atoms with van der Waals surface area (Å²) in [4.78, 5) is 36.1. The number of aliphatic carboxylic acids is 1. The fourth-order valence-corrected chi connectivity index (χ4v) is 4.70. The second-order valence-electron chi connectivity index (χ2n) is 8.20. The number of nitrogens with one attached hydrogen (secondary N) is 2. The summed E-state index contributed by atoms with van der Waals surface area (Å²) in [5.41, 5.74) is 4.51. The number of amides is 2. The first-order valence-electron chi connectivity index (χ1n) is 10.7. The minimum Gasteiger partial charge on any atom is -0.480 e. The van der Waals surface area contributed by atoms with Crippen molar-refractivity contribution < 1.29 is 29.3 Å². The van der Waals surface area contributed by atoms with Gasteiger partial charge in [0.05, 0.1) is 12.5 Å². The molecule has 2 aliphatic rings. The van der Waals surface area contributed by atoms with Crippen LogP contribution in [-0.2, 0) is 14.3 Å². The van der Waals surface area contributed by atoms with Gasteiger partial charge in [0.2, 0.25) is 5.91 Å². The third-order valence-corrected chi connectivity index (χ3v) is 6.30. The Bertz CT molecular complexity index is 978. The monoisotopic (exact) mass is 438 g/mol. The smallest absolute Gasteiger partial charge is 0.407 e. The van der Waals surface area contributed by atoms with Crippen LogP contribution in [0.1, 0.15) is 36.3 Å². The standard InChI is InChI=1S/C24H26N2O6/c27-12-21(23(29)30)25-22(28)18-10-5-11-20(18)26-24(31)32-13-19-16-8-3-1-6-14(16)15-7-2-4-9-17(15)19/h1-4,6-9,18-21,27H,5,10-13H2,(H,25,28)(H,26,31)(H,29,30)/t18?,20?,21-/m0/s1. The van der Waals surface area contributed by atoms with Crippen LogP contribution in [0.25, 0.3) is 11.1 Å². The van der Waals surface area contributed by atoms with Crippen LogP contribution in [0.3, 0.4) is 0 Å². The fraction of sp³-hybridized carbons (Fsp3) is 0.375. The lowest BCUT2D eigenvalue weighted by Crippen LogP contribution is -2.50. The van der Waals surface area contributed by atoms with E-state index in [1.807, 2.05) is 36.4 Å². The van der Waals surface area contributed by atoms with E-state index in [2.05, 4.69) is 22.8 Å². The van der Waals surface area contributed by atoms with Crippen LogP contribution < -0.4 is 10.6 Å². The fourth-order valence-electron chi connectivity index (χ4n) is 4.70. The Morgan fingerprint density at radius 1 is 1.00 bits per heavy atom. The van der Waals surface area contributed by atoms with Crippen molar-refractivity contribution in [2.45, 2.75) is 37.3 Å². The first kappa shape index (κ1) is 21.8. The minimum atomic E-state index is -1.36. The first-order valence-corrected chi connectivity index (χ1v) is 10.7. The van der Waals surface area contributed by atoms with Gasteiger partial charge in [0.25, 0.3) is 0 Å². The Kier molecular flexibility index (Phi) is 6.41. The Morgan fingerprint density at radius 3 is 2.22 bits per heavy atom. The Hall–Kier alpha value is -3.39. The second-order valence-corrected chi connectivity index (χ2v) is 8.20. The zero-order valence-corrected chi connectivity index (χ0v) is 17.5. The van der Waals surface area contributed by atoms with Crippen molar-refractivity contribution in [3.05, 3.63) is 59.7 Å². The van der Waals surface area contributed by atoms with Crippen LogP contribution in [0, 0.1) is 5.92 Å². The van der Waals surface area contributed by atoms with Crippen LogP contribution in [0.5, 0.6) is 0 Å². The summed E-state index contributed by atoms with van der Waals surface area (Å²) in [6.45, 7) is -0.521. The molecule has 8 heteroatoms. The lowest BCUT2D eigenvalue weighted by Gasteiger charge is -2.22. The topological polar surface area (TPSA) is 125 Å². The minimum absolute atomic E-state index is 0.0586. The first-order chi connectivity index (χ1) is 15.5. The maximum absolute atomic E-state index is 12.5. The van der Waals surface area contributed by atoms with Gasteiger partial charge in [-0.3, -0.25) is 4.79 Å². The largest absolute Gasteiger partial charge is 0.480 e. The maximum Gasteiger partial charge on any atom is 0.407 e. The van der Waals surface area contributed by atoms with Gasteiger partial charge in [-0.05, 0) is 35.1 Å². The van der Waals surface area contributed by atoms with Gasteiger partial charge in [-0.15, -0.1) is 0 Å². The van der Waals surface area contributed by atoms with Gasteiger partial charge in [0, 0.05) is 12.0 Å². The SMILES string of the molecule is O=C(NC1CCCC1C(=O)N[C@@H](CO)C(=O)O)OCC1c2ccccc2-c2ccccc21. The second kappa shape index (κ2) is 9.40. The molecule has 0 heterocycles. The number of rotatable bonds is 7. The molecule has 0 radical (unpaired) electrons. The van der Waals surface area contributed by atoms with Crippen molar-refractivity contribution in [3.8, 4) is 11.1 Å². The maximum atomic E-state index is 12.5. The van der Waals surface area contributed by atoms with Crippen LogP contribution in [0.4, 0.5) is 4.79 Å². The van der Waals surface area contributed by atoms with E-state index in [-0.39, 0.29) is 12.5 Å². The average Bonchev–Trinajstić information content (AvgIpc) is 3.38. The predicted molar refractivity (Wildman–Crippen MR) is 116 cm³/mol. The van der Waals surface area contributed by atoms with Crippen LogP contribution in [0.15, 0.2) is 48.5 Å². The number of carbonyl (C=O) groups is 3. The highest BCUT2D eigenvalue weighted by molar-refractivity contribution is 5.86. The van der Waals surface area contributed by atoms with Crippen LogP contribution >= 0.6 is 0 Å². The third-order valence-electron chi connectivity index (χ3n) is 6.30. The van der Waals surface area contributed by atoms with Crippen molar-refractivity contribution in [1.82, 2.24) is 10.6 Å². The molecule has 2 amide bonds. The number of carboxylic acids is 1. The molecule has 4 rings (SSSR count). The highest BCUT2D eigenvalue weighted by Gasteiger charge is 2.36. The van der Waals surface area contributed by atoms with E-state index in [1.165, 1.54) is 0 Å². The summed E-state index contributed by atoms with van der Waals surface area (Å²) in [7, 11) is 0. The Labute approximate surface area is 185 Å². The molecule has 168 valence electrons. The van der Waals surface area contributed by atoms with Gasteiger partial charge in [-0.1, -0.05) is 55.0 Å². The van der Waals surface area contributed by atoms with Gasteiger partial charge in [-0.25, -0.2) is 9.59 Å². The van der Waals surface area contributed by atoms with Gasteiger partial charge < -0.3 is 25.6 Å². The number of benzene rings is 2. The van der Waals surface area contributed by atoms with Crippen molar-refractivity contribution >= 4 is 18.0 Å². The summed E-state index contributed by atoms with van der Waals surface area (Å²) in [6, 6.07) is 14.3. The Morgan fingerprint density at radius 2 is 1.62 bits per heavy atom. The highest BCUT2D eigenvalue weighted by Crippen LogP contribution is 2.44. The normalized spacial score (nSPS) is 20.2. The molecule has 3 atom stereocenters. The molecule has 2 unspecified atom stereocenters. The van der Waals surface area contributed by atoms with Crippen LogP contribution in [-0.4, -0.2) is 53.5 Å². The number of ether oxygens (including phenoxy) is 1. The van der Waals surface area contributed by atoms with E-state index < -0.39 is 42.6 Å². The number of hydrogen-bond donors (Lipinski definition) is 4. The molecule has 2 aliphatic carbocycles. The molecule has 2 aromatic carbocycles. The lowest BCUT2D eigenvalue weighted by atomic mass is 9.98. The number of fused-ring (bicyclic) bond motifs is 3. The van der Waals surface area contributed by atoms with E-state index in [0.29, 0.717) is 12.8 Å². The molecular formula is C24H26N2O6. The Balaban J connectivity index is 1.37. The lowest BCUT2D eigenvalue weighted by molar-refractivity contribution is -0.143. The zero-order valence-electron chi connectivity index (χ0n) is 17.5. The van der Waals surface area contributed by atoms with Crippen molar-refractivity contribution in [2.75, 3.05) is 13.2 Å². The zero-order chi connectivity index (χ0) is 22.7. The molecule has 0 aliphatic heterocycles. The van der Waals surface area contributed by atoms with Gasteiger partial charge in [-0.2, -0.15) is 0 Å². The highest BCUT2D eigenvalue weighted by atomic mass is 16.5. The van der Waals surface area contributed by atoms with Gasteiger partial charge in [0.15, 0.2) is 0 Å². The summed E-state index contributed by atoms with van der Waals surface area (Å²) in [6.07, 6.45) is 1.24. The van der Waals surface area contributed by atoms with Crippen LogP contribution in [0.2, 0.25) is 0 Å². The molecule has 0 aromatic heterocycles. The third kappa shape index (κ3) is 4.31. The number of carboxylic acid groups (broad SMARTS) is 1. The molecule has 4 N–H and O–H groups in total. The molecule has 0 spiro atoms. The molecule has 2 aromatic rings. The van der Waals surface area contributed by atoms with Crippen molar-refractivity contribution in [2.24, 2.45) is 5.92 Å². The molecule has 8 nitrogen and oxygen atoms in total. The molecular weight excluding hydrogens is 412 g/mol. The number of hydrogen-bond acceptors (Lipinski definition) is 5. The summed E-state index contributed by atoms with van der Waals surface area (Å²) in [5.74, 6) is -2.42. The number of aliphatic hydroxyl groups excluding tert-OH is 1. The van der Waals surface area contributed by atoms with E-state index in [4.69, 9.17) is 14.9 Å². The van der Waals surface area contributed by atoms with Gasteiger partial charge >= 0.3 is 12.1 Å². The van der Waals surface area contributed by atoms with E-state index in [9.17, 15) is 14.4 Å². The van der Waals surface area contributed by atoms with Crippen molar-refractivity contribution in [3.63, 3.8) is 0 Å². The molecule has 0 saturated heterocycles. The van der Waals surface area contributed by atoms with E-state index in [0.717, 1.165) is 28.7 Å². The van der Waals surface area contributed by atoms with Crippen molar-refractivity contribution in [1.29, 1.82) is 0 Å². The quantitative estimate of drug-likeness (QED) is 0.526. The molecule has 32 heavy (non-hydrogen) atoms. The number of alkyl carbamates (subject to hydrolysis) is 1. The summed E-state index contributed by atoms with van der Waals surface area (Å²) >= 11 is 0. The molecule has 0 bridgehead atoms. The summed E-state index contributed by atoms with van der Waals surface area (Å²) < 4.78 is 5.55.